The van der Waals surface area contributed by atoms with Gasteiger partial charge in [0.1, 0.15) is 5.60 Å². The first-order valence-corrected chi connectivity index (χ1v) is 8.78. The Balaban J connectivity index is 1.87. The number of rotatable bonds is 4. The van der Waals surface area contributed by atoms with E-state index < -0.39 is 7.12 Å². The van der Waals surface area contributed by atoms with Crippen molar-refractivity contribution in [2.75, 3.05) is 5.32 Å². The van der Waals surface area contributed by atoms with Gasteiger partial charge in [0.25, 0.3) is 0 Å². The highest BCUT2D eigenvalue weighted by Crippen LogP contribution is 2.37. The van der Waals surface area contributed by atoms with E-state index in [0.29, 0.717) is 11.9 Å². The highest BCUT2D eigenvalue weighted by Gasteiger charge is 2.52. The number of ether oxygens (including phenoxy) is 1. The van der Waals surface area contributed by atoms with Crippen molar-refractivity contribution in [2.45, 2.75) is 84.2 Å². The lowest BCUT2D eigenvalue weighted by atomic mass is 9.80. The topological polar surface area (TPSA) is 52.6 Å². The third-order valence-electron chi connectivity index (χ3n) is 4.74. The van der Waals surface area contributed by atoms with Crippen LogP contribution in [0.1, 0.15) is 61.3 Å². The van der Waals surface area contributed by atoms with Crippen molar-refractivity contribution in [1.82, 2.24) is 4.98 Å². The Morgan fingerprint density at radius 1 is 1.17 bits per heavy atom. The van der Waals surface area contributed by atoms with Gasteiger partial charge in [-0.1, -0.05) is 0 Å². The summed E-state index contributed by atoms with van der Waals surface area (Å²) in [6.07, 6.45) is 4.17. The van der Waals surface area contributed by atoms with Gasteiger partial charge in [-0.15, -0.1) is 0 Å². The second kappa shape index (κ2) is 5.63. The van der Waals surface area contributed by atoms with Gasteiger partial charge < -0.3 is 19.4 Å². The zero-order valence-electron chi connectivity index (χ0n) is 15.9. The molecule has 2 heterocycles. The molecule has 1 aromatic heterocycles. The maximum absolute atomic E-state index is 6.14. The number of aromatic nitrogens is 1. The van der Waals surface area contributed by atoms with Gasteiger partial charge in [0, 0.05) is 17.7 Å². The summed E-state index contributed by atoms with van der Waals surface area (Å²) in [5.74, 6) is 0.634. The van der Waals surface area contributed by atoms with Crippen LogP contribution in [0.3, 0.4) is 0 Å². The number of anilines is 1. The smallest absolute Gasteiger partial charge is 0.470 e. The monoisotopic (exact) mass is 332 g/mol. The van der Waals surface area contributed by atoms with Gasteiger partial charge in [-0.2, -0.15) is 0 Å². The molecule has 6 heteroatoms. The standard InChI is InChI=1S/C18H29BN2O3/c1-16(2,3)22-15-14(21-13-8-9-13)10-12(11-20-15)19-23-17(4,5)18(6,7)24-19/h10-11,13,21H,8-9H2,1-7H3. The molecule has 2 fully saturated rings. The Kier molecular flexibility index (Phi) is 4.12. The summed E-state index contributed by atoms with van der Waals surface area (Å²) in [7, 11) is -0.411. The van der Waals surface area contributed by atoms with Crippen LogP contribution in [-0.2, 0) is 9.31 Å². The third kappa shape index (κ3) is 3.70. The number of nitrogens with zero attached hydrogens (tertiary/aromatic N) is 1. The first-order chi connectivity index (χ1) is 11.0. The molecule has 5 nitrogen and oxygen atoms in total. The summed E-state index contributed by atoms with van der Waals surface area (Å²) in [4.78, 5) is 4.54. The molecule has 0 unspecified atom stereocenters. The highest BCUT2D eigenvalue weighted by atomic mass is 16.7. The van der Waals surface area contributed by atoms with Crippen molar-refractivity contribution < 1.29 is 14.0 Å². The summed E-state index contributed by atoms with van der Waals surface area (Å²) in [6.45, 7) is 14.3. The number of hydrogen-bond donors (Lipinski definition) is 1. The molecular weight excluding hydrogens is 303 g/mol. The van der Waals surface area contributed by atoms with Gasteiger partial charge in [0.05, 0.1) is 16.9 Å². The average molecular weight is 332 g/mol. The van der Waals surface area contributed by atoms with Crippen molar-refractivity contribution >= 4 is 18.3 Å². The van der Waals surface area contributed by atoms with E-state index in [2.05, 4.69) is 44.1 Å². The molecule has 1 saturated carbocycles. The molecule has 1 aliphatic carbocycles. The zero-order valence-corrected chi connectivity index (χ0v) is 15.9. The SMILES string of the molecule is CC(C)(C)Oc1ncc(B2OC(C)(C)C(C)(C)O2)cc1NC1CC1. The van der Waals surface area contributed by atoms with Crippen molar-refractivity contribution in [3.63, 3.8) is 0 Å². The van der Waals surface area contributed by atoms with E-state index in [4.69, 9.17) is 14.0 Å². The second-order valence-corrected chi connectivity index (χ2v) is 8.84. The Bertz CT molecular complexity index is 605. The molecule has 24 heavy (non-hydrogen) atoms. The van der Waals surface area contributed by atoms with E-state index in [1.807, 2.05) is 20.8 Å². The fraction of sp³-hybridized carbons (Fsp3) is 0.722. The van der Waals surface area contributed by atoms with Crippen LogP contribution < -0.4 is 15.5 Å². The fourth-order valence-electron chi connectivity index (χ4n) is 2.50. The van der Waals surface area contributed by atoms with Crippen molar-refractivity contribution in [1.29, 1.82) is 0 Å². The molecule has 1 N–H and O–H groups in total. The molecule has 1 aliphatic heterocycles. The normalized spacial score (nSPS) is 22.5. The molecule has 2 aliphatic rings. The minimum Gasteiger partial charge on any atom is -0.470 e. The van der Waals surface area contributed by atoms with Crippen molar-refractivity contribution in [3.8, 4) is 5.88 Å². The molecule has 0 aromatic carbocycles. The maximum Gasteiger partial charge on any atom is 0.496 e. The Labute approximate surface area is 145 Å². The van der Waals surface area contributed by atoms with Gasteiger partial charge in [0.2, 0.25) is 5.88 Å². The van der Waals surface area contributed by atoms with E-state index in [1.165, 1.54) is 12.8 Å². The van der Waals surface area contributed by atoms with Crippen LogP contribution in [0.15, 0.2) is 12.3 Å². The van der Waals surface area contributed by atoms with E-state index >= 15 is 0 Å². The van der Waals surface area contributed by atoms with Crippen LogP contribution in [0.2, 0.25) is 0 Å². The summed E-state index contributed by atoms with van der Waals surface area (Å²) in [5, 5.41) is 3.51. The summed E-state index contributed by atoms with van der Waals surface area (Å²) < 4.78 is 18.3. The number of hydrogen-bond acceptors (Lipinski definition) is 5. The predicted octanol–water partition coefficient (Wildman–Crippen LogP) is 3.13. The molecule has 0 spiro atoms. The predicted molar refractivity (Wildman–Crippen MR) is 97.0 cm³/mol. The number of nitrogens with one attached hydrogen (secondary N) is 1. The summed E-state index contributed by atoms with van der Waals surface area (Å²) >= 11 is 0. The molecule has 0 atom stereocenters. The van der Waals surface area contributed by atoms with Gasteiger partial charge in [0.15, 0.2) is 0 Å². The van der Waals surface area contributed by atoms with Crippen LogP contribution in [0.4, 0.5) is 5.69 Å². The fourth-order valence-corrected chi connectivity index (χ4v) is 2.50. The van der Waals surface area contributed by atoms with E-state index in [1.54, 1.807) is 6.20 Å². The first-order valence-electron chi connectivity index (χ1n) is 8.78. The Morgan fingerprint density at radius 3 is 2.25 bits per heavy atom. The summed E-state index contributed by atoms with van der Waals surface area (Å²) in [6, 6.07) is 2.57. The molecule has 0 bridgehead atoms. The van der Waals surface area contributed by atoms with E-state index in [9.17, 15) is 0 Å². The van der Waals surface area contributed by atoms with E-state index in [-0.39, 0.29) is 16.8 Å². The summed E-state index contributed by atoms with van der Waals surface area (Å²) in [5.41, 5.74) is 0.821. The molecule has 132 valence electrons. The van der Waals surface area contributed by atoms with Crippen LogP contribution in [0.5, 0.6) is 5.88 Å². The maximum atomic E-state index is 6.14. The molecular formula is C18H29BN2O3. The highest BCUT2D eigenvalue weighted by molar-refractivity contribution is 6.62. The van der Waals surface area contributed by atoms with Crippen molar-refractivity contribution in [2.24, 2.45) is 0 Å². The first kappa shape index (κ1) is 17.6. The molecule has 0 amide bonds. The molecule has 0 radical (unpaired) electrons. The molecule has 1 aromatic rings. The lowest BCUT2D eigenvalue weighted by Gasteiger charge is -2.32. The lowest BCUT2D eigenvalue weighted by Crippen LogP contribution is -2.41. The van der Waals surface area contributed by atoms with E-state index in [0.717, 1.165) is 11.2 Å². The van der Waals surface area contributed by atoms with Crippen molar-refractivity contribution in [3.05, 3.63) is 12.3 Å². The van der Waals surface area contributed by atoms with Gasteiger partial charge in [-0.05, 0) is 67.4 Å². The lowest BCUT2D eigenvalue weighted by molar-refractivity contribution is 0.00578. The molecule has 1 saturated heterocycles. The largest absolute Gasteiger partial charge is 0.496 e. The van der Waals surface area contributed by atoms with Crippen LogP contribution in [0.25, 0.3) is 0 Å². The van der Waals surface area contributed by atoms with Crippen LogP contribution >= 0.6 is 0 Å². The third-order valence-corrected chi connectivity index (χ3v) is 4.74. The van der Waals surface area contributed by atoms with Crippen LogP contribution in [-0.4, -0.2) is 34.9 Å². The minimum atomic E-state index is -0.411. The van der Waals surface area contributed by atoms with Crippen LogP contribution in [0, 0.1) is 0 Å². The molecule has 3 rings (SSSR count). The zero-order chi connectivity index (χ0) is 17.8. The minimum absolute atomic E-state index is 0.293. The Hall–Kier alpha value is -1.27. The van der Waals surface area contributed by atoms with Gasteiger partial charge >= 0.3 is 7.12 Å². The van der Waals surface area contributed by atoms with Gasteiger partial charge in [-0.25, -0.2) is 4.98 Å². The quantitative estimate of drug-likeness (QED) is 0.859. The average Bonchev–Trinajstić information content (AvgIpc) is 3.18. The number of pyridine rings is 1. The Morgan fingerprint density at radius 2 is 1.75 bits per heavy atom. The second-order valence-electron chi connectivity index (χ2n) is 8.84. The van der Waals surface area contributed by atoms with Gasteiger partial charge in [-0.3, -0.25) is 0 Å².